The van der Waals surface area contributed by atoms with Crippen LogP contribution in [0.25, 0.3) is 0 Å². The fourth-order valence-corrected chi connectivity index (χ4v) is 27.5. The molecule has 6 spiro atoms. The zero-order valence-electron chi connectivity index (χ0n) is 49.5. The van der Waals surface area contributed by atoms with E-state index in [1.807, 2.05) is 6.07 Å². The monoisotopic (exact) mass is 1150 g/mol. The Morgan fingerprint density at radius 3 is 2.67 bits per heavy atom. The molecular formula is C72H86N2O11. The van der Waals surface area contributed by atoms with Crippen molar-refractivity contribution in [3.63, 3.8) is 0 Å². The van der Waals surface area contributed by atoms with E-state index in [-0.39, 0.29) is 84.6 Å². The Kier molecular flexibility index (Phi) is 10.9. The maximum atomic E-state index is 17.8. The van der Waals surface area contributed by atoms with Gasteiger partial charge in [0.15, 0.2) is 17.5 Å². The predicted octanol–water partition coefficient (Wildman–Crippen LogP) is 8.76. The molecule has 1 aromatic carbocycles. The molecule has 0 radical (unpaired) electrons. The van der Waals surface area contributed by atoms with Gasteiger partial charge in [-0.25, -0.2) is 4.79 Å². The number of allylic oxidation sites excluding steroid dienone is 1. The molecule has 17 aliphatic rings. The number of carbonyl (C=O) groups is 3. The first-order chi connectivity index (χ1) is 41.3. The van der Waals surface area contributed by atoms with Gasteiger partial charge >= 0.3 is 11.9 Å². The first-order valence-electron chi connectivity index (χ1n) is 34.1. The van der Waals surface area contributed by atoms with E-state index in [1.54, 1.807) is 6.26 Å². The summed E-state index contributed by atoms with van der Waals surface area (Å²) in [5.74, 6) is 6.50. The van der Waals surface area contributed by atoms with Crippen molar-refractivity contribution in [2.45, 2.75) is 189 Å². The Labute approximate surface area is 499 Å². The Bertz CT molecular complexity index is 3330. The molecule has 10 aliphatic carbocycles. The van der Waals surface area contributed by atoms with Gasteiger partial charge in [-0.1, -0.05) is 86.9 Å². The first kappa shape index (κ1) is 52.6. The van der Waals surface area contributed by atoms with Crippen molar-refractivity contribution < 1.29 is 53.1 Å². The van der Waals surface area contributed by atoms with Crippen LogP contribution < -0.4 is 5.32 Å². The van der Waals surface area contributed by atoms with E-state index >= 15 is 19.5 Å². The highest BCUT2D eigenvalue weighted by atomic mass is 16.7. The molecule has 19 rings (SSSR count). The van der Waals surface area contributed by atoms with E-state index in [9.17, 15) is 10.2 Å². The maximum Gasteiger partial charge on any atom is 0.339 e. The summed E-state index contributed by atoms with van der Waals surface area (Å²) in [5, 5.41) is 41.7. The van der Waals surface area contributed by atoms with Crippen LogP contribution in [0.1, 0.15) is 146 Å². The topological polar surface area (TPSA) is 181 Å². The summed E-state index contributed by atoms with van der Waals surface area (Å²) in [6, 6.07) is 13.2. The van der Waals surface area contributed by atoms with E-state index in [0.717, 1.165) is 122 Å². The van der Waals surface area contributed by atoms with E-state index in [1.165, 1.54) is 11.1 Å². The molecule has 14 fully saturated rings. The highest BCUT2D eigenvalue weighted by Crippen LogP contribution is 2.91. The number of rotatable bonds is 8. The van der Waals surface area contributed by atoms with E-state index in [4.69, 9.17) is 23.4 Å². The molecule has 7 aliphatic heterocycles. The molecular weight excluding hydrogens is 1070 g/mol. The van der Waals surface area contributed by atoms with Crippen LogP contribution in [0.3, 0.4) is 0 Å². The van der Waals surface area contributed by atoms with Crippen LogP contribution in [-0.2, 0) is 51.8 Å². The average molecular weight is 1160 g/mol. The number of nitrogens with one attached hydrogen (secondary N) is 1. The smallest absolute Gasteiger partial charge is 0.339 e. The summed E-state index contributed by atoms with van der Waals surface area (Å²) in [6.45, 7) is 3.79. The minimum atomic E-state index is -1.54. The van der Waals surface area contributed by atoms with Crippen molar-refractivity contribution in [2.24, 2.45) is 110 Å². The fraction of sp³-hybridized carbons (Fsp3) is 0.736. The molecule has 27 atom stereocenters. The molecule has 0 unspecified atom stereocenters. The SMILES string of the molecule is C[C@]12C[C@H]3C[C@@]45CCC[C@@H]4CC4=C[C@H]6CC[C@@H]7CCCC[C@@H]7[C@]67O[C@]46[C@H]5C(=O)OC[C@@]64[C@@H]7C(=O)[C@@H](O)[C@@]5([C@H]34)[C@H]3C[C@@H](Cc4ccccc4)CC[C@H]3C#CC[C@@]1(c1ccoc1C[C@@H]([C@H]1CC[C@H]3[C@H](C=CN4CNC[C@H]34)C1)[C@H](O)CO)OC(=O)[C@H]1O[C@@]152. The van der Waals surface area contributed by atoms with Crippen molar-refractivity contribution in [2.75, 3.05) is 26.4 Å². The maximum absolute atomic E-state index is 17.8. The molecule has 2 aromatic rings. The highest BCUT2D eigenvalue weighted by molar-refractivity contribution is 5.94. The van der Waals surface area contributed by atoms with Crippen molar-refractivity contribution >= 4 is 17.7 Å². The lowest BCUT2D eigenvalue weighted by Gasteiger charge is -2.74. The number of ether oxygens (including phenoxy) is 4. The first-order valence-corrected chi connectivity index (χ1v) is 34.1. The van der Waals surface area contributed by atoms with Crippen molar-refractivity contribution in [3.8, 4) is 11.8 Å². The number of Topliss-reactive ketones (excluding diaryl/α,β-unsaturated/α-hetero) is 1. The second kappa shape index (κ2) is 17.6. The Morgan fingerprint density at radius 2 is 1.79 bits per heavy atom. The largest absolute Gasteiger partial charge is 0.469 e. The number of ketones is 1. The number of hydrogen-bond donors (Lipinski definition) is 4. The molecule has 450 valence electrons. The van der Waals surface area contributed by atoms with Gasteiger partial charge in [-0.2, -0.15) is 0 Å². The van der Waals surface area contributed by atoms with Crippen LogP contribution in [0.15, 0.2) is 71.0 Å². The van der Waals surface area contributed by atoms with Crippen molar-refractivity contribution in [1.29, 1.82) is 0 Å². The summed E-state index contributed by atoms with van der Waals surface area (Å²) in [5.41, 5.74) is -5.78. The number of furan rings is 1. The molecule has 4 N–H and O–H groups in total. The van der Waals surface area contributed by atoms with Gasteiger partial charge in [-0.15, -0.1) is 0 Å². The van der Waals surface area contributed by atoms with Crippen molar-refractivity contribution in [1.82, 2.24) is 10.2 Å². The Morgan fingerprint density at radius 1 is 0.906 bits per heavy atom. The number of aliphatic hydroxyl groups is 3. The van der Waals surface area contributed by atoms with Gasteiger partial charge < -0.3 is 43.6 Å². The zero-order chi connectivity index (χ0) is 57.0. The fourth-order valence-electron chi connectivity index (χ4n) is 27.5. The van der Waals surface area contributed by atoms with E-state index < -0.39 is 86.1 Å². The van der Waals surface area contributed by atoms with E-state index in [2.05, 4.69) is 77.7 Å². The number of hydrogen-bond acceptors (Lipinski definition) is 13. The van der Waals surface area contributed by atoms with Gasteiger partial charge in [0.25, 0.3) is 0 Å². The Balaban J connectivity index is 0.839. The van der Waals surface area contributed by atoms with Gasteiger partial charge in [0, 0.05) is 47.2 Å². The number of epoxide rings is 1. The number of benzene rings is 1. The van der Waals surface area contributed by atoms with Crippen LogP contribution in [0.4, 0.5) is 0 Å². The summed E-state index contributed by atoms with van der Waals surface area (Å²) >= 11 is 0. The Hall–Kier alpha value is -4.29. The molecule has 8 heterocycles. The third-order valence-electron chi connectivity index (χ3n) is 29.8. The van der Waals surface area contributed by atoms with Gasteiger partial charge in [0.05, 0.1) is 54.9 Å². The summed E-state index contributed by atoms with van der Waals surface area (Å²) in [6.07, 6.45) is 23.2. The molecule has 13 nitrogen and oxygen atoms in total. The van der Waals surface area contributed by atoms with E-state index in [0.29, 0.717) is 54.4 Å². The van der Waals surface area contributed by atoms with Crippen LogP contribution >= 0.6 is 0 Å². The number of cyclic esters (lactones) is 1. The zero-order valence-corrected chi connectivity index (χ0v) is 49.5. The van der Waals surface area contributed by atoms with Gasteiger partial charge in [0.2, 0.25) is 0 Å². The lowest BCUT2D eigenvalue weighted by atomic mass is 9.28. The minimum absolute atomic E-state index is 0.0252. The molecule has 9 bridgehead atoms. The van der Waals surface area contributed by atoms with Crippen LogP contribution in [0, 0.1) is 122 Å². The predicted molar refractivity (Wildman–Crippen MR) is 309 cm³/mol. The number of carbonyl (C=O) groups excluding carboxylic acids is 3. The number of esters is 2. The lowest BCUT2D eigenvalue weighted by molar-refractivity contribution is -0.315. The molecule has 5 saturated heterocycles. The van der Waals surface area contributed by atoms with Crippen LogP contribution in [0.5, 0.6) is 0 Å². The van der Waals surface area contributed by atoms with Crippen molar-refractivity contribution in [3.05, 3.63) is 83.5 Å². The lowest BCUT2D eigenvalue weighted by Crippen LogP contribution is -2.84. The molecule has 13 heteroatoms. The van der Waals surface area contributed by atoms with Gasteiger partial charge in [-0.3, -0.25) is 14.9 Å². The van der Waals surface area contributed by atoms with Crippen LogP contribution in [-0.4, -0.2) is 106 Å². The minimum Gasteiger partial charge on any atom is -0.469 e. The number of aliphatic hydroxyl groups excluding tert-OH is 3. The summed E-state index contributed by atoms with van der Waals surface area (Å²) in [7, 11) is 0. The summed E-state index contributed by atoms with van der Waals surface area (Å²) < 4.78 is 37.7. The molecule has 0 amide bonds. The number of nitrogens with zero attached hydrogens (tertiary/aromatic N) is 1. The average Bonchev–Trinajstić information content (AvgIpc) is 1.44. The second-order valence-electron chi connectivity index (χ2n) is 31.8. The molecule has 1 aromatic heterocycles. The van der Waals surface area contributed by atoms with Gasteiger partial charge in [-0.05, 0) is 190 Å². The highest BCUT2D eigenvalue weighted by Gasteiger charge is 3.00. The standard InChI is InChI=1S/C72H86N2O11/c1-65-33-45-34-66-23-8-13-46(66)30-48-31-47-19-17-41-11-5-6-14-51(41)70(47)59-57(77)61(78)69(58(45)67(59)37-82-63(79)60(66)71(48,67)85-70)53-28-40(27-39-9-3-2-4-10-39)15-16-42(53)12-7-24-68(65,84-64(80)62-72(65,69)83-62)52-22-26-81-56(52)32-50(55(76)36-75)43-18-20-49-44(29-43)21-25-74-38-73-35-54(49)74/h2-4,9-10,21-22,25-26,31,40-47,49-51,53-55,58-62,73,75-76,78H,5-6,8,11,13-20,23-24,27-30,32-38H2,1H3/t40-,41+,42-,43+,44-,45+,46-,47-,49+,50+,51+,53+,54-,55-,58-,59+,60+,61-,62-,65+,66+,67-,68+,69+,70-,71+,72-/m1/s1. The normalized spacial score (nSPS) is 53.3. The van der Waals surface area contributed by atoms with Crippen LogP contribution in [0.2, 0.25) is 0 Å². The molecule has 85 heavy (non-hydrogen) atoms. The molecule has 9 saturated carbocycles. The second-order valence-corrected chi connectivity index (χ2v) is 31.8. The third-order valence-corrected chi connectivity index (χ3v) is 29.8. The quantitative estimate of drug-likeness (QED) is 0.0854. The van der Waals surface area contributed by atoms with Gasteiger partial charge in [0.1, 0.15) is 29.7 Å². The summed E-state index contributed by atoms with van der Waals surface area (Å²) in [4.78, 5) is 52.2. The number of fused-ring (bicyclic) bond motifs is 5. The third kappa shape index (κ3) is 5.94.